The number of carbonyl (C=O) groups is 2. The second-order valence-electron chi connectivity index (χ2n) is 8.42. The first-order chi connectivity index (χ1) is 15.4. The summed E-state index contributed by atoms with van der Waals surface area (Å²) in [7, 11) is 1.39. The molecule has 0 aromatic heterocycles. The topological polar surface area (TPSA) is 123 Å². The molecule has 0 radical (unpaired) electrons. The van der Waals surface area contributed by atoms with Crippen molar-refractivity contribution >= 4 is 11.8 Å². The van der Waals surface area contributed by atoms with Crippen molar-refractivity contribution in [1.82, 2.24) is 10.6 Å². The van der Waals surface area contributed by atoms with Crippen LogP contribution >= 0.6 is 0 Å². The van der Waals surface area contributed by atoms with Crippen LogP contribution in [0.4, 0.5) is 26.3 Å². The van der Waals surface area contributed by atoms with Gasteiger partial charge in [-0.1, -0.05) is 26.8 Å². The van der Waals surface area contributed by atoms with Crippen LogP contribution in [0.2, 0.25) is 0 Å². The zero-order valence-electron chi connectivity index (χ0n) is 19.0. The molecular weight excluding hydrogens is 476 g/mol. The molecule has 0 spiro atoms. The number of amides is 2. The molecule has 0 bridgehead atoms. The van der Waals surface area contributed by atoms with Crippen molar-refractivity contribution in [2.75, 3.05) is 13.7 Å². The third-order valence-electron chi connectivity index (χ3n) is 5.28. The van der Waals surface area contributed by atoms with Gasteiger partial charge >= 0.3 is 12.5 Å². The number of aliphatic hydroxyl groups is 1. The number of hydrogen-bond acceptors (Lipinski definition) is 6. The van der Waals surface area contributed by atoms with Crippen molar-refractivity contribution < 1.29 is 50.5 Å². The molecule has 34 heavy (non-hydrogen) atoms. The molecule has 1 rings (SSSR count). The predicted octanol–water partition coefficient (Wildman–Crippen LogP) is 1.90. The number of hydrogen-bond donors (Lipinski definition) is 4. The Morgan fingerprint density at radius 3 is 2.18 bits per heavy atom. The summed E-state index contributed by atoms with van der Waals surface area (Å²) in [6.07, 6.45) is -8.41. The molecule has 8 nitrogen and oxygen atoms in total. The smallest absolute Gasteiger partial charge is 0.497 e. The van der Waals surface area contributed by atoms with E-state index in [1.165, 1.54) is 40.0 Å². The normalized spacial score (nSPS) is 22.4. The number of rotatable bonds is 10. The molecule has 0 fully saturated rings. The van der Waals surface area contributed by atoms with Gasteiger partial charge in [0.25, 0.3) is 0 Å². The van der Waals surface area contributed by atoms with Crippen molar-refractivity contribution in [3.05, 3.63) is 24.0 Å². The van der Waals surface area contributed by atoms with Gasteiger partial charge in [-0.15, -0.1) is 13.2 Å². The molecule has 0 saturated carbocycles. The largest absolute Gasteiger partial charge is 0.522 e. The van der Waals surface area contributed by atoms with Gasteiger partial charge in [0, 0.05) is 5.41 Å². The van der Waals surface area contributed by atoms with Gasteiger partial charge in [-0.25, -0.2) is 0 Å². The van der Waals surface area contributed by atoms with Crippen molar-refractivity contribution in [2.24, 2.45) is 17.1 Å². The van der Waals surface area contributed by atoms with Crippen LogP contribution in [-0.2, 0) is 19.1 Å². The first-order valence-electron chi connectivity index (χ1n) is 10.2. The standard InChI is InChI=1S/C20H29F6N3O5/c1-10(2)13(15(30)19(21,22)23)28-17(32)14(18(3)7-5-11(33-4)6-8-18)29-16(31)12(27)9-34-20(24,25)26/h5-7,10,12-15,30H,8-9,27H2,1-4H3,(H,28,32)(H,29,31)/t12-,13-,14+,15-,18?/m0/s1. The average molecular weight is 505 g/mol. The lowest BCUT2D eigenvalue weighted by Gasteiger charge is -2.38. The molecule has 5 N–H and O–H groups in total. The van der Waals surface area contributed by atoms with E-state index >= 15 is 0 Å². The number of allylic oxidation sites excluding steroid dienone is 2. The Hall–Kier alpha value is -2.32. The highest BCUT2D eigenvalue weighted by atomic mass is 19.4. The van der Waals surface area contributed by atoms with Crippen LogP contribution in [-0.4, -0.2) is 67.4 Å². The first kappa shape index (κ1) is 29.7. The van der Waals surface area contributed by atoms with Gasteiger partial charge in [0.15, 0.2) is 6.10 Å². The summed E-state index contributed by atoms with van der Waals surface area (Å²) in [6, 6.07) is -5.17. The minimum Gasteiger partial charge on any atom is -0.497 e. The van der Waals surface area contributed by atoms with Crippen LogP contribution in [0.25, 0.3) is 0 Å². The molecular formula is C20H29F6N3O5. The molecule has 0 aromatic carbocycles. The van der Waals surface area contributed by atoms with Gasteiger partial charge in [0.05, 0.1) is 19.8 Å². The van der Waals surface area contributed by atoms with E-state index in [2.05, 4.69) is 15.4 Å². The summed E-state index contributed by atoms with van der Waals surface area (Å²) in [5, 5.41) is 14.0. The van der Waals surface area contributed by atoms with Crippen molar-refractivity contribution in [1.29, 1.82) is 0 Å². The number of methoxy groups -OCH3 is 1. The minimum atomic E-state index is -5.05. The summed E-state index contributed by atoms with van der Waals surface area (Å²) in [6.45, 7) is 2.94. The van der Waals surface area contributed by atoms with Crippen molar-refractivity contribution in [3.8, 4) is 0 Å². The van der Waals surface area contributed by atoms with Gasteiger partial charge < -0.3 is 26.2 Å². The van der Waals surface area contributed by atoms with E-state index in [9.17, 15) is 41.0 Å². The number of nitrogens with one attached hydrogen (secondary N) is 2. The number of halogens is 6. The number of carbonyl (C=O) groups excluding carboxylic acids is 2. The highest BCUT2D eigenvalue weighted by molar-refractivity contribution is 5.91. The quantitative estimate of drug-likeness (QED) is 0.337. The maximum atomic E-state index is 13.1. The highest BCUT2D eigenvalue weighted by Gasteiger charge is 2.47. The summed E-state index contributed by atoms with van der Waals surface area (Å²) >= 11 is 0. The van der Waals surface area contributed by atoms with Gasteiger partial charge in [-0.05, 0) is 24.5 Å². The lowest BCUT2D eigenvalue weighted by molar-refractivity contribution is -0.325. The highest BCUT2D eigenvalue weighted by Crippen LogP contribution is 2.34. The monoisotopic (exact) mass is 505 g/mol. The average Bonchev–Trinajstić information content (AvgIpc) is 2.72. The summed E-state index contributed by atoms with van der Waals surface area (Å²) < 4.78 is 84.7. The molecule has 0 aromatic rings. The van der Waals surface area contributed by atoms with Crippen LogP contribution < -0.4 is 16.4 Å². The Balaban J connectivity index is 3.19. The van der Waals surface area contributed by atoms with E-state index in [4.69, 9.17) is 10.5 Å². The fourth-order valence-electron chi connectivity index (χ4n) is 3.20. The molecule has 0 aliphatic heterocycles. The minimum absolute atomic E-state index is 0.0769. The van der Waals surface area contributed by atoms with Crippen LogP contribution in [0.1, 0.15) is 27.2 Å². The Kier molecular flexibility index (Phi) is 9.97. The summed E-state index contributed by atoms with van der Waals surface area (Å²) in [5.41, 5.74) is 4.21. The molecule has 5 atom stereocenters. The second kappa shape index (κ2) is 11.4. The molecule has 0 saturated heterocycles. The van der Waals surface area contributed by atoms with Crippen LogP contribution in [0.5, 0.6) is 0 Å². The van der Waals surface area contributed by atoms with E-state index in [1.54, 1.807) is 6.08 Å². The van der Waals surface area contributed by atoms with Crippen molar-refractivity contribution in [2.45, 2.75) is 64.0 Å². The lowest BCUT2D eigenvalue weighted by Crippen LogP contribution is -2.62. The van der Waals surface area contributed by atoms with Gasteiger partial charge in [0.2, 0.25) is 11.8 Å². The maximum Gasteiger partial charge on any atom is 0.522 e. The van der Waals surface area contributed by atoms with E-state index < -0.39 is 66.5 Å². The Bertz CT molecular complexity index is 784. The molecule has 1 aliphatic rings. The number of nitrogens with two attached hydrogens (primary N) is 1. The summed E-state index contributed by atoms with van der Waals surface area (Å²) in [5.74, 6) is -2.74. The number of aliphatic hydroxyl groups excluding tert-OH is 1. The molecule has 0 heterocycles. The zero-order valence-corrected chi connectivity index (χ0v) is 19.0. The fourth-order valence-corrected chi connectivity index (χ4v) is 3.20. The van der Waals surface area contributed by atoms with Gasteiger partial charge in [-0.2, -0.15) is 13.2 Å². The van der Waals surface area contributed by atoms with Crippen LogP contribution in [0.3, 0.4) is 0 Å². The van der Waals surface area contributed by atoms with Crippen LogP contribution in [0, 0.1) is 11.3 Å². The van der Waals surface area contributed by atoms with E-state index in [-0.39, 0.29) is 6.42 Å². The van der Waals surface area contributed by atoms with Crippen molar-refractivity contribution in [3.63, 3.8) is 0 Å². The Morgan fingerprint density at radius 2 is 1.76 bits per heavy atom. The number of ether oxygens (including phenoxy) is 2. The first-order valence-corrected chi connectivity index (χ1v) is 10.2. The third kappa shape index (κ3) is 8.47. The third-order valence-corrected chi connectivity index (χ3v) is 5.28. The molecule has 14 heteroatoms. The SMILES string of the molecule is COC1=CCC(C)([C@H](NC(=O)[C@@H](N)COC(F)(F)F)C(=O)N[C@@H](C(C)C)[C@H](O)C(F)(F)F)C=C1. The molecule has 1 aliphatic carbocycles. The zero-order chi connectivity index (χ0) is 26.5. The predicted molar refractivity (Wildman–Crippen MR) is 108 cm³/mol. The lowest BCUT2D eigenvalue weighted by atomic mass is 9.75. The molecule has 2 amide bonds. The van der Waals surface area contributed by atoms with Gasteiger partial charge in [0.1, 0.15) is 17.8 Å². The van der Waals surface area contributed by atoms with Crippen LogP contribution in [0.15, 0.2) is 24.0 Å². The van der Waals surface area contributed by atoms with Gasteiger partial charge in [-0.3, -0.25) is 14.3 Å². The Morgan fingerprint density at radius 1 is 1.18 bits per heavy atom. The fraction of sp³-hybridized carbons (Fsp3) is 0.700. The maximum absolute atomic E-state index is 13.1. The Labute approximate surface area is 192 Å². The van der Waals surface area contributed by atoms with E-state index in [0.717, 1.165) is 0 Å². The molecule has 196 valence electrons. The van der Waals surface area contributed by atoms with E-state index in [1.807, 2.05) is 0 Å². The van der Waals surface area contributed by atoms with E-state index in [0.29, 0.717) is 5.76 Å². The second-order valence-corrected chi connectivity index (χ2v) is 8.42. The number of alkyl halides is 6. The summed E-state index contributed by atoms with van der Waals surface area (Å²) in [4.78, 5) is 25.5. The molecule has 1 unspecified atom stereocenters.